The van der Waals surface area contributed by atoms with Crippen LogP contribution in [0.1, 0.15) is 36.1 Å². The minimum absolute atomic E-state index is 0.0184. The molecule has 0 unspecified atom stereocenters. The molecule has 0 atom stereocenters. The van der Waals surface area contributed by atoms with E-state index in [1.165, 1.54) is 61.5 Å². The van der Waals surface area contributed by atoms with Crippen LogP contribution in [0.5, 0.6) is 0 Å². The van der Waals surface area contributed by atoms with Crippen molar-refractivity contribution in [3.05, 3.63) is 81.9 Å². The van der Waals surface area contributed by atoms with Gasteiger partial charge in [-0.25, -0.2) is 9.37 Å². The van der Waals surface area contributed by atoms with Gasteiger partial charge in [0.1, 0.15) is 11.0 Å². The Hall–Kier alpha value is -3.18. The van der Waals surface area contributed by atoms with Gasteiger partial charge >= 0.3 is 12.4 Å². The molecule has 0 saturated heterocycles. The van der Waals surface area contributed by atoms with Crippen LogP contribution >= 0.6 is 22.9 Å². The molecule has 1 amide bonds. The number of carbonyl (C=O) groups is 1. The average molecular weight is 589 g/mol. The summed E-state index contributed by atoms with van der Waals surface area (Å²) in [4.78, 5) is 19.6. The monoisotopic (exact) mass is 588 g/mol. The van der Waals surface area contributed by atoms with Crippen LogP contribution < -0.4 is 4.90 Å². The van der Waals surface area contributed by atoms with E-state index in [-0.39, 0.29) is 11.2 Å². The van der Waals surface area contributed by atoms with Crippen molar-refractivity contribution in [3.63, 3.8) is 0 Å². The first-order chi connectivity index (χ1) is 17.9. The summed E-state index contributed by atoms with van der Waals surface area (Å²) in [5.74, 6) is -1.25. The van der Waals surface area contributed by atoms with Crippen LogP contribution in [-0.4, -0.2) is 17.9 Å². The Morgan fingerprint density at radius 3 is 2.03 bits per heavy atom. The minimum Gasteiger partial charge on any atom is -0.313 e. The summed E-state index contributed by atoms with van der Waals surface area (Å²) >= 11 is 7.49. The van der Waals surface area contributed by atoms with E-state index in [2.05, 4.69) is 4.98 Å². The number of halogens is 8. The van der Waals surface area contributed by atoms with Gasteiger partial charge in [0, 0.05) is 18.6 Å². The molecule has 0 aliphatic carbocycles. The molecule has 0 aliphatic heterocycles. The van der Waals surface area contributed by atoms with Crippen molar-refractivity contribution in [1.29, 1.82) is 0 Å². The van der Waals surface area contributed by atoms with Crippen molar-refractivity contribution in [2.24, 2.45) is 0 Å². The molecule has 2 heterocycles. The Morgan fingerprint density at radius 1 is 0.923 bits per heavy atom. The first kappa shape index (κ1) is 28.8. The van der Waals surface area contributed by atoms with Crippen molar-refractivity contribution in [3.8, 4) is 10.4 Å². The predicted octanol–water partition coefficient (Wildman–Crippen LogP) is 9.04. The normalized spacial score (nSPS) is 12.7. The van der Waals surface area contributed by atoms with Crippen molar-refractivity contribution in [2.45, 2.75) is 38.5 Å². The molecule has 0 fully saturated rings. The maximum Gasteiger partial charge on any atom is 0.416 e. The van der Waals surface area contributed by atoms with E-state index >= 15 is 0 Å². The van der Waals surface area contributed by atoms with Crippen LogP contribution in [0.15, 0.2) is 48.7 Å². The molecule has 2 aromatic heterocycles. The highest BCUT2D eigenvalue weighted by Crippen LogP contribution is 2.48. The summed E-state index contributed by atoms with van der Waals surface area (Å²) in [6.07, 6.45) is -8.72. The number of aromatic nitrogens is 1. The molecule has 12 heteroatoms. The molecule has 206 valence electrons. The highest BCUT2D eigenvalue weighted by Gasteiger charge is 2.41. The Balaban J connectivity index is 1.91. The van der Waals surface area contributed by atoms with E-state index in [9.17, 15) is 35.5 Å². The standard InChI is InChI=1S/C27H20ClF7N2OS/c1-13-9-17(29)5-6-18(13)21-20(19-7-8-36-23(28)22(19)39-21)37(4)24(38)25(2,3)14-10-15(26(30,31)32)12-16(11-14)27(33,34)35/h5-12H,1-4H3. The molecular formula is C27H20ClF7N2OS. The van der Waals surface area contributed by atoms with Crippen molar-refractivity contribution in [1.82, 2.24) is 4.98 Å². The van der Waals surface area contributed by atoms with Gasteiger partial charge in [-0.2, -0.15) is 26.3 Å². The number of alkyl halides is 6. The second-order valence-corrected chi connectivity index (χ2v) is 10.9. The maximum absolute atomic E-state index is 13.9. The highest BCUT2D eigenvalue weighted by atomic mass is 35.5. The topological polar surface area (TPSA) is 33.2 Å². The zero-order valence-corrected chi connectivity index (χ0v) is 22.4. The van der Waals surface area contributed by atoms with Gasteiger partial charge in [0.15, 0.2) is 0 Å². The van der Waals surface area contributed by atoms with E-state index < -0.39 is 46.2 Å². The van der Waals surface area contributed by atoms with Gasteiger partial charge in [0.2, 0.25) is 5.91 Å². The smallest absolute Gasteiger partial charge is 0.313 e. The van der Waals surface area contributed by atoms with Crippen LogP contribution in [0.25, 0.3) is 20.5 Å². The van der Waals surface area contributed by atoms with E-state index in [1.807, 2.05) is 0 Å². The number of hydrogen-bond donors (Lipinski definition) is 0. The third kappa shape index (κ3) is 5.34. The third-order valence-corrected chi connectivity index (χ3v) is 8.09. The van der Waals surface area contributed by atoms with E-state index in [4.69, 9.17) is 11.6 Å². The molecule has 0 saturated carbocycles. The Labute approximate surface area is 227 Å². The number of carbonyl (C=O) groups excluding carboxylic acids is 1. The van der Waals surface area contributed by atoms with Crippen LogP contribution in [0.3, 0.4) is 0 Å². The third-order valence-electron chi connectivity index (χ3n) is 6.45. The largest absolute Gasteiger partial charge is 0.416 e. The van der Waals surface area contributed by atoms with Crippen LogP contribution in [0.4, 0.5) is 36.4 Å². The molecule has 0 N–H and O–H groups in total. The Morgan fingerprint density at radius 2 is 1.49 bits per heavy atom. The molecule has 4 rings (SSSR count). The highest BCUT2D eigenvalue weighted by molar-refractivity contribution is 7.23. The molecule has 4 aromatic rings. The molecule has 0 spiro atoms. The first-order valence-corrected chi connectivity index (χ1v) is 12.5. The number of amides is 1. The van der Waals surface area contributed by atoms with Crippen LogP contribution in [-0.2, 0) is 22.6 Å². The molecule has 0 bridgehead atoms. The van der Waals surface area contributed by atoms with Gasteiger partial charge in [-0.1, -0.05) is 17.7 Å². The lowest BCUT2D eigenvalue weighted by Gasteiger charge is -2.31. The van der Waals surface area contributed by atoms with Gasteiger partial charge in [0.05, 0.1) is 31.8 Å². The Bertz CT molecular complexity index is 1560. The number of likely N-dealkylation sites (N-methyl/N-ethyl adjacent to an activating group) is 1. The second kappa shape index (κ2) is 9.78. The molecule has 0 radical (unpaired) electrons. The molecular weight excluding hydrogens is 569 g/mol. The predicted molar refractivity (Wildman–Crippen MR) is 138 cm³/mol. The number of rotatable bonds is 4. The molecule has 0 aliphatic rings. The zero-order chi connectivity index (χ0) is 29.1. The summed E-state index contributed by atoms with van der Waals surface area (Å²) in [7, 11) is 1.38. The summed E-state index contributed by atoms with van der Waals surface area (Å²) in [6, 6.07) is 6.78. The maximum atomic E-state index is 13.9. The van der Waals surface area contributed by atoms with Crippen LogP contribution in [0, 0.1) is 12.7 Å². The summed E-state index contributed by atoms with van der Waals surface area (Å²) in [5, 5.41) is 0.628. The first-order valence-electron chi connectivity index (χ1n) is 11.3. The van der Waals surface area contributed by atoms with E-state index in [0.29, 0.717) is 43.9 Å². The number of aryl methyl sites for hydroxylation is 1. The fourth-order valence-corrected chi connectivity index (χ4v) is 5.91. The molecule has 2 aromatic carbocycles. The lowest BCUT2D eigenvalue weighted by Crippen LogP contribution is -2.42. The van der Waals surface area contributed by atoms with Crippen molar-refractivity contribution < 1.29 is 35.5 Å². The number of pyridine rings is 1. The van der Waals surface area contributed by atoms with Gasteiger partial charge in [-0.3, -0.25) is 4.79 Å². The number of thiophene rings is 1. The fraction of sp³-hybridized carbons (Fsp3) is 0.259. The van der Waals surface area contributed by atoms with Gasteiger partial charge in [-0.15, -0.1) is 11.3 Å². The number of benzene rings is 2. The number of fused-ring (bicyclic) bond motifs is 1. The zero-order valence-electron chi connectivity index (χ0n) is 20.9. The summed E-state index contributed by atoms with van der Waals surface area (Å²) in [6.45, 7) is 4.18. The van der Waals surface area contributed by atoms with Gasteiger partial charge in [0.25, 0.3) is 0 Å². The Kier molecular flexibility index (Phi) is 7.23. The molecule has 39 heavy (non-hydrogen) atoms. The average Bonchev–Trinajstić information content (AvgIpc) is 3.22. The lowest BCUT2D eigenvalue weighted by molar-refractivity contribution is -0.143. The lowest BCUT2D eigenvalue weighted by atomic mass is 9.81. The van der Waals surface area contributed by atoms with E-state index in [1.54, 1.807) is 13.0 Å². The van der Waals surface area contributed by atoms with Gasteiger partial charge < -0.3 is 4.90 Å². The summed E-state index contributed by atoms with van der Waals surface area (Å²) in [5.41, 5.74) is -3.89. The minimum atomic E-state index is -5.07. The van der Waals surface area contributed by atoms with Crippen molar-refractivity contribution >= 4 is 44.6 Å². The summed E-state index contributed by atoms with van der Waals surface area (Å²) < 4.78 is 95.5. The molecule has 3 nitrogen and oxygen atoms in total. The van der Waals surface area contributed by atoms with E-state index in [0.717, 1.165) is 0 Å². The number of hydrogen-bond acceptors (Lipinski definition) is 3. The number of nitrogens with zero attached hydrogens (tertiary/aromatic N) is 2. The SMILES string of the molecule is Cc1cc(F)ccc1-c1sc2c(Cl)nccc2c1N(C)C(=O)C(C)(C)c1cc(C(F)(F)F)cc(C(F)(F)F)c1. The van der Waals surface area contributed by atoms with Gasteiger partial charge in [-0.05, 0) is 73.9 Å². The second-order valence-electron chi connectivity index (χ2n) is 9.50. The number of anilines is 1. The van der Waals surface area contributed by atoms with Crippen molar-refractivity contribution in [2.75, 3.05) is 11.9 Å². The quantitative estimate of drug-likeness (QED) is 0.176. The van der Waals surface area contributed by atoms with Crippen LogP contribution in [0.2, 0.25) is 5.15 Å². The fourth-order valence-electron chi connectivity index (χ4n) is 4.34.